The molecule has 5 atom stereocenters. The van der Waals surface area contributed by atoms with Crippen LogP contribution in [-0.4, -0.2) is 48.2 Å². The number of fused-ring (bicyclic) bond motifs is 1. The highest BCUT2D eigenvalue weighted by molar-refractivity contribution is 5.00. The maximum atomic E-state index is 10.1. The standard InChI is InChI=1S/C15H24O5/c1-5-7-9-17-12-11(10(16)8-6-2)18-14-13(12)19-15(3,4)20-14/h2,10-14,16H,5,7-9H2,1,3-4H3/t10-,11-,12+,13-,14-/m1/s1. The van der Waals surface area contributed by atoms with Crippen molar-refractivity contribution in [1.29, 1.82) is 0 Å². The minimum atomic E-state index is -0.771. The average Bonchev–Trinajstić information content (AvgIpc) is 2.83. The van der Waals surface area contributed by atoms with Crippen LogP contribution in [0.1, 0.15) is 40.0 Å². The van der Waals surface area contributed by atoms with Crippen LogP contribution in [0.15, 0.2) is 0 Å². The lowest BCUT2D eigenvalue weighted by molar-refractivity contribution is -0.229. The van der Waals surface area contributed by atoms with Gasteiger partial charge in [-0.25, -0.2) is 0 Å². The van der Waals surface area contributed by atoms with Crippen LogP contribution >= 0.6 is 0 Å². The summed E-state index contributed by atoms with van der Waals surface area (Å²) in [5, 5.41) is 10.1. The van der Waals surface area contributed by atoms with Gasteiger partial charge in [0.1, 0.15) is 18.3 Å². The number of aliphatic hydroxyl groups excluding tert-OH is 1. The molecule has 0 radical (unpaired) electrons. The molecule has 114 valence electrons. The predicted molar refractivity (Wildman–Crippen MR) is 72.8 cm³/mol. The van der Waals surface area contributed by atoms with Gasteiger partial charge in [-0.3, -0.25) is 0 Å². The Morgan fingerprint density at radius 2 is 2.15 bits per heavy atom. The Labute approximate surface area is 120 Å². The maximum absolute atomic E-state index is 10.1. The van der Waals surface area contributed by atoms with E-state index in [2.05, 4.69) is 12.8 Å². The summed E-state index contributed by atoms with van der Waals surface area (Å²) in [7, 11) is 0. The summed E-state index contributed by atoms with van der Waals surface area (Å²) < 4.78 is 23.2. The van der Waals surface area contributed by atoms with Crippen LogP contribution in [0.4, 0.5) is 0 Å². The Hall–Kier alpha value is -0.640. The van der Waals surface area contributed by atoms with Gasteiger partial charge in [0.15, 0.2) is 12.1 Å². The Bertz CT molecular complexity index is 362. The maximum Gasteiger partial charge on any atom is 0.190 e. The fraction of sp³-hybridized carbons (Fsp3) is 0.867. The Kier molecular flexibility index (Phi) is 5.05. The SMILES string of the molecule is C#CC[C@@H](O)[C@H]1O[C@@H]2OC(C)(C)O[C@@H]2[C@H]1OCCCC. The minimum Gasteiger partial charge on any atom is -0.389 e. The van der Waals surface area contributed by atoms with Gasteiger partial charge in [0.25, 0.3) is 0 Å². The number of hydrogen-bond donors (Lipinski definition) is 1. The summed E-state index contributed by atoms with van der Waals surface area (Å²) >= 11 is 0. The third-order valence-electron chi connectivity index (χ3n) is 3.54. The molecule has 2 aliphatic rings. The van der Waals surface area contributed by atoms with Gasteiger partial charge in [0.05, 0.1) is 6.10 Å². The number of unbranched alkanes of at least 4 members (excludes halogenated alkanes) is 1. The first-order chi connectivity index (χ1) is 9.48. The number of rotatable bonds is 6. The quantitative estimate of drug-likeness (QED) is 0.591. The summed E-state index contributed by atoms with van der Waals surface area (Å²) in [6, 6.07) is 0. The molecule has 0 amide bonds. The smallest absolute Gasteiger partial charge is 0.190 e. The normalized spacial score (nSPS) is 36.5. The zero-order valence-corrected chi connectivity index (χ0v) is 12.4. The summed E-state index contributed by atoms with van der Waals surface area (Å²) in [5.41, 5.74) is 0. The van der Waals surface area contributed by atoms with Crippen LogP contribution < -0.4 is 0 Å². The monoisotopic (exact) mass is 284 g/mol. The van der Waals surface area contributed by atoms with E-state index in [4.69, 9.17) is 25.4 Å². The molecular weight excluding hydrogens is 260 g/mol. The molecule has 2 aliphatic heterocycles. The van der Waals surface area contributed by atoms with Gasteiger partial charge < -0.3 is 24.1 Å². The molecule has 2 fully saturated rings. The molecule has 2 saturated heterocycles. The first-order valence-electron chi connectivity index (χ1n) is 7.22. The van der Waals surface area contributed by atoms with Gasteiger partial charge in [-0.15, -0.1) is 12.3 Å². The van der Waals surface area contributed by atoms with Crippen LogP contribution in [-0.2, 0) is 18.9 Å². The highest BCUT2D eigenvalue weighted by atomic mass is 16.8. The third-order valence-corrected chi connectivity index (χ3v) is 3.54. The summed E-state index contributed by atoms with van der Waals surface area (Å²) in [6.07, 6.45) is 5.02. The second-order valence-corrected chi connectivity index (χ2v) is 5.73. The summed E-state index contributed by atoms with van der Waals surface area (Å²) in [6.45, 7) is 6.38. The van der Waals surface area contributed by atoms with E-state index in [1.165, 1.54) is 0 Å². The van der Waals surface area contributed by atoms with Crippen molar-refractivity contribution in [1.82, 2.24) is 0 Å². The molecule has 0 saturated carbocycles. The molecule has 2 rings (SSSR count). The lowest BCUT2D eigenvalue weighted by Gasteiger charge is -2.28. The molecule has 20 heavy (non-hydrogen) atoms. The second-order valence-electron chi connectivity index (χ2n) is 5.73. The van der Waals surface area contributed by atoms with Gasteiger partial charge in [-0.05, 0) is 20.3 Å². The predicted octanol–water partition coefficient (Wildman–Crippen LogP) is 1.43. The van der Waals surface area contributed by atoms with Crippen LogP contribution in [0.5, 0.6) is 0 Å². The van der Waals surface area contributed by atoms with Gasteiger partial charge >= 0.3 is 0 Å². The lowest BCUT2D eigenvalue weighted by Crippen LogP contribution is -2.42. The fourth-order valence-electron chi connectivity index (χ4n) is 2.60. The Balaban J connectivity index is 2.04. The molecule has 0 aromatic rings. The molecule has 0 aromatic heterocycles. The molecule has 5 heteroatoms. The Morgan fingerprint density at radius 3 is 2.80 bits per heavy atom. The van der Waals surface area contributed by atoms with Crippen LogP contribution in [0.25, 0.3) is 0 Å². The first-order valence-corrected chi connectivity index (χ1v) is 7.22. The lowest BCUT2D eigenvalue weighted by atomic mass is 10.0. The molecule has 1 N–H and O–H groups in total. The van der Waals surface area contributed by atoms with E-state index in [0.717, 1.165) is 12.8 Å². The van der Waals surface area contributed by atoms with Crippen molar-refractivity contribution in [2.24, 2.45) is 0 Å². The largest absolute Gasteiger partial charge is 0.389 e. The van der Waals surface area contributed by atoms with E-state index in [9.17, 15) is 5.11 Å². The van der Waals surface area contributed by atoms with Crippen LogP contribution in [0.3, 0.4) is 0 Å². The molecule has 0 bridgehead atoms. The van der Waals surface area contributed by atoms with Crippen LogP contribution in [0.2, 0.25) is 0 Å². The Morgan fingerprint density at radius 1 is 1.40 bits per heavy atom. The van der Waals surface area contributed by atoms with Crippen molar-refractivity contribution in [3.8, 4) is 12.3 Å². The second kappa shape index (κ2) is 6.42. The van der Waals surface area contributed by atoms with Gasteiger partial charge in [-0.2, -0.15) is 0 Å². The molecular formula is C15H24O5. The van der Waals surface area contributed by atoms with E-state index in [1.54, 1.807) is 0 Å². The van der Waals surface area contributed by atoms with Crippen molar-refractivity contribution >= 4 is 0 Å². The average molecular weight is 284 g/mol. The van der Waals surface area contributed by atoms with E-state index in [-0.39, 0.29) is 18.6 Å². The fourth-order valence-corrected chi connectivity index (χ4v) is 2.60. The van der Waals surface area contributed by atoms with Crippen molar-refractivity contribution < 1.29 is 24.1 Å². The van der Waals surface area contributed by atoms with E-state index in [1.807, 2.05) is 13.8 Å². The minimum absolute atomic E-state index is 0.223. The number of aliphatic hydroxyl groups is 1. The molecule has 0 aliphatic carbocycles. The van der Waals surface area contributed by atoms with E-state index in [0.29, 0.717) is 6.61 Å². The number of hydrogen-bond acceptors (Lipinski definition) is 5. The van der Waals surface area contributed by atoms with E-state index < -0.39 is 24.3 Å². The third kappa shape index (κ3) is 3.33. The molecule has 0 aromatic carbocycles. The molecule has 0 unspecified atom stereocenters. The molecule has 0 spiro atoms. The van der Waals surface area contributed by atoms with Gasteiger partial charge in [0, 0.05) is 13.0 Å². The first kappa shape index (κ1) is 15.7. The van der Waals surface area contributed by atoms with Crippen molar-refractivity contribution in [2.75, 3.05) is 6.61 Å². The zero-order chi connectivity index (χ0) is 14.8. The van der Waals surface area contributed by atoms with Gasteiger partial charge in [-0.1, -0.05) is 13.3 Å². The molecule has 2 heterocycles. The number of terminal acetylenes is 1. The van der Waals surface area contributed by atoms with Gasteiger partial charge in [0.2, 0.25) is 0 Å². The van der Waals surface area contributed by atoms with Crippen molar-refractivity contribution in [3.05, 3.63) is 0 Å². The molecule has 5 nitrogen and oxygen atoms in total. The van der Waals surface area contributed by atoms with Crippen molar-refractivity contribution in [2.45, 2.75) is 76.5 Å². The highest BCUT2D eigenvalue weighted by Crippen LogP contribution is 2.40. The van der Waals surface area contributed by atoms with Crippen molar-refractivity contribution in [3.63, 3.8) is 0 Å². The van der Waals surface area contributed by atoms with Crippen LogP contribution in [0, 0.1) is 12.3 Å². The topological polar surface area (TPSA) is 57.2 Å². The zero-order valence-electron chi connectivity index (χ0n) is 12.4. The summed E-state index contributed by atoms with van der Waals surface area (Å²) in [5.74, 6) is 1.76. The number of ether oxygens (including phenoxy) is 4. The van der Waals surface area contributed by atoms with E-state index >= 15 is 0 Å². The highest BCUT2D eigenvalue weighted by Gasteiger charge is 2.56. The summed E-state index contributed by atoms with van der Waals surface area (Å²) in [4.78, 5) is 0.